The van der Waals surface area contributed by atoms with E-state index in [-0.39, 0.29) is 21.3 Å². The number of carbonyl (C=O) groups is 1. The standard InChI is InChI=1S/C7H5Cl2NO2/c8-5-2-3(10)1-4(6(5)9)7(11)12/h1-2H,10H2,(H,11,12). The maximum Gasteiger partial charge on any atom is 0.337 e. The summed E-state index contributed by atoms with van der Waals surface area (Å²) in [6, 6.07) is 2.66. The number of carboxylic acid groups (broad SMARTS) is 1. The van der Waals surface area contributed by atoms with Gasteiger partial charge in [-0.1, -0.05) is 23.2 Å². The number of aromatic carboxylic acids is 1. The summed E-state index contributed by atoms with van der Waals surface area (Å²) in [5.41, 5.74) is 5.56. The van der Waals surface area contributed by atoms with Gasteiger partial charge in [-0.05, 0) is 12.1 Å². The average Bonchev–Trinajstić information content (AvgIpc) is 1.96. The highest BCUT2D eigenvalue weighted by molar-refractivity contribution is 6.43. The molecule has 0 saturated carbocycles. The zero-order chi connectivity index (χ0) is 9.30. The average molecular weight is 206 g/mol. The van der Waals surface area contributed by atoms with Gasteiger partial charge in [-0.3, -0.25) is 0 Å². The molecule has 12 heavy (non-hydrogen) atoms. The lowest BCUT2D eigenvalue weighted by Crippen LogP contribution is -1.99. The molecule has 3 nitrogen and oxygen atoms in total. The molecule has 1 aromatic carbocycles. The van der Waals surface area contributed by atoms with Crippen LogP contribution in [0, 0.1) is 0 Å². The number of halogens is 2. The number of nitrogen functional groups attached to an aromatic ring is 1. The van der Waals surface area contributed by atoms with E-state index in [1.165, 1.54) is 12.1 Å². The van der Waals surface area contributed by atoms with Gasteiger partial charge in [0, 0.05) is 5.69 Å². The lowest BCUT2D eigenvalue weighted by Gasteiger charge is -2.02. The van der Waals surface area contributed by atoms with Gasteiger partial charge in [-0.15, -0.1) is 0 Å². The molecule has 0 unspecified atom stereocenters. The molecule has 0 radical (unpaired) electrons. The van der Waals surface area contributed by atoms with Gasteiger partial charge >= 0.3 is 5.97 Å². The quantitative estimate of drug-likeness (QED) is 0.692. The topological polar surface area (TPSA) is 63.3 Å². The largest absolute Gasteiger partial charge is 0.478 e. The third kappa shape index (κ3) is 1.62. The van der Waals surface area contributed by atoms with Crippen molar-refractivity contribution in [3.05, 3.63) is 27.7 Å². The van der Waals surface area contributed by atoms with Crippen LogP contribution in [0.2, 0.25) is 10.0 Å². The Bertz CT molecular complexity index is 338. The molecule has 0 heterocycles. The molecule has 0 aliphatic heterocycles. The Labute approximate surface area is 78.7 Å². The summed E-state index contributed by atoms with van der Waals surface area (Å²) >= 11 is 11.2. The second kappa shape index (κ2) is 3.21. The van der Waals surface area contributed by atoms with Crippen molar-refractivity contribution in [1.82, 2.24) is 0 Å². The van der Waals surface area contributed by atoms with Gasteiger partial charge in [0.25, 0.3) is 0 Å². The van der Waals surface area contributed by atoms with E-state index in [0.29, 0.717) is 0 Å². The minimum Gasteiger partial charge on any atom is -0.478 e. The second-order valence-corrected chi connectivity index (χ2v) is 2.95. The number of nitrogens with two attached hydrogens (primary N) is 1. The first-order chi connectivity index (χ1) is 5.52. The highest BCUT2D eigenvalue weighted by atomic mass is 35.5. The molecule has 0 spiro atoms. The van der Waals surface area contributed by atoms with Crippen LogP contribution < -0.4 is 5.73 Å². The lowest BCUT2D eigenvalue weighted by molar-refractivity contribution is 0.0697. The minimum atomic E-state index is -1.14. The number of rotatable bonds is 1. The Hall–Kier alpha value is -0.930. The van der Waals surface area contributed by atoms with E-state index in [0.717, 1.165) is 0 Å². The van der Waals surface area contributed by atoms with E-state index in [1.807, 2.05) is 0 Å². The Morgan fingerprint density at radius 2 is 2.00 bits per heavy atom. The Morgan fingerprint density at radius 3 is 2.50 bits per heavy atom. The van der Waals surface area contributed by atoms with Gasteiger partial charge in [0.1, 0.15) is 0 Å². The van der Waals surface area contributed by atoms with Crippen molar-refractivity contribution in [2.75, 3.05) is 5.73 Å². The van der Waals surface area contributed by atoms with E-state index >= 15 is 0 Å². The zero-order valence-corrected chi connectivity index (χ0v) is 7.36. The first-order valence-electron chi connectivity index (χ1n) is 3.00. The highest BCUT2D eigenvalue weighted by Gasteiger charge is 2.12. The normalized spacial score (nSPS) is 9.83. The summed E-state index contributed by atoms with van der Waals surface area (Å²) in [5.74, 6) is -1.14. The van der Waals surface area contributed by atoms with E-state index in [9.17, 15) is 4.79 Å². The Morgan fingerprint density at radius 1 is 1.42 bits per heavy atom. The highest BCUT2D eigenvalue weighted by Crippen LogP contribution is 2.28. The first-order valence-corrected chi connectivity index (χ1v) is 3.76. The second-order valence-electron chi connectivity index (χ2n) is 2.17. The SMILES string of the molecule is Nc1cc(Cl)c(Cl)c(C(=O)O)c1. The predicted octanol–water partition coefficient (Wildman–Crippen LogP) is 2.27. The Balaban J connectivity index is 3.37. The van der Waals surface area contributed by atoms with Crippen LogP contribution >= 0.6 is 23.2 Å². The smallest absolute Gasteiger partial charge is 0.337 e. The molecule has 5 heteroatoms. The van der Waals surface area contributed by atoms with Crippen LogP contribution in [-0.2, 0) is 0 Å². The van der Waals surface area contributed by atoms with E-state index in [4.69, 9.17) is 34.0 Å². The van der Waals surface area contributed by atoms with Crippen molar-refractivity contribution < 1.29 is 9.90 Å². The van der Waals surface area contributed by atoms with Crippen molar-refractivity contribution in [3.8, 4) is 0 Å². The van der Waals surface area contributed by atoms with Crippen LogP contribution in [0.25, 0.3) is 0 Å². The van der Waals surface area contributed by atoms with E-state index < -0.39 is 5.97 Å². The maximum absolute atomic E-state index is 10.5. The van der Waals surface area contributed by atoms with Crippen LogP contribution in [-0.4, -0.2) is 11.1 Å². The summed E-state index contributed by atoms with van der Waals surface area (Å²) in [6.45, 7) is 0. The van der Waals surface area contributed by atoms with Crippen molar-refractivity contribution >= 4 is 34.9 Å². The molecular weight excluding hydrogens is 201 g/mol. The van der Waals surface area contributed by atoms with Gasteiger partial charge < -0.3 is 10.8 Å². The van der Waals surface area contributed by atoms with Gasteiger partial charge in [0.2, 0.25) is 0 Å². The molecule has 0 saturated heterocycles. The minimum absolute atomic E-state index is 0.0124. The molecule has 1 rings (SSSR count). The Kier molecular flexibility index (Phi) is 2.45. The molecule has 0 aliphatic rings. The van der Waals surface area contributed by atoms with Gasteiger partial charge in [0.15, 0.2) is 0 Å². The number of carboxylic acids is 1. The number of hydrogen-bond acceptors (Lipinski definition) is 2. The van der Waals surface area contributed by atoms with Crippen molar-refractivity contribution in [2.45, 2.75) is 0 Å². The molecule has 64 valence electrons. The van der Waals surface area contributed by atoms with Crippen LogP contribution in [0.3, 0.4) is 0 Å². The summed E-state index contributed by atoms with van der Waals surface area (Å²) in [6.07, 6.45) is 0. The van der Waals surface area contributed by atoms with Gasteiger partial charge in [0.05, 0.1) is 15.6 Å². The lowest BCUT2D eigenvalue weighted by atomic mass is 10.2. The molecule has 0 bridgehead atoms. The fourth-order valence-corrected chi connectivity index (χ4v) is 1.18. The number of benzene rings is 1. The fraction of sp³-hybridized carbons (Fsp3) is 0. The summed E-state index contributed by atoms with van der Waals surface area (Å²) in [5, 5.41) is 8.78. The molecule has 0 aromatic heterocycles. The van der Waals surface area contributed by atoms with Gasteiger partial charge in [-0.2, -0.15) is 0 Å². The van der Waals surface area contributed by atoms with Crippen LogP contribution in [0.1, 0.15) is 10.4 Å². The van der Waals surface area contributed by atoms with Crippen molar-refractivity contribution in [3.63, 3.8) is 0 Å². The molecule has 3 N–H and O–H groups in total. The summed E-state index contributed by atoms with van der Waals surface area (Å²) in [4.78, 5) is 10.5. The molecule has 1 aromatic rings. The fourth-order valence-electron chi connectivity index (χ4n) is 0.766. The predicted molar refractivity (Wildman–Crippen MR) is 47.8 cm³/mol. The zero-order valence-electron chi connectivity index (χ0n) is 5.84. The van der Waals surface area contributed by atoms with Crippen molar-refractivity contribution in [2.24, 2.45) is 0 Å². The monoisotopic (exact) mass is 205 g/mol. The maximum atomic E-state index is 10.5. The van der Waals surface area contributed by atoms with Gasteiger partial charge in [-0.25, -0.2) is 4.79 Å². The summed E-state index contributed by atoms with van der Waals surface area (Å²) < 4.78 is 0. The molecular formula is C7H5Cl2NO2. The first kappa shape index (κ1) is 9.16. The van der Waals surface area contributed by atoms with Crippen molar-refractivity contribution in [1.29, 1.82) is 0 Å². The number of hydrogen-bond donors (Lipinski definition) is 2. The van der Waals surface area contributed by atoms with Crippen LogP contribution in [0.15, 0.2) is 12.1 Å². The number of anilines is 1. The molecule has 0 fully saturated rings. The molecule has 0 amide bonds. The third-order valence-corrected chi connectivity index (χ3v) is 2.08. The molecule has 0 atom stereocenters. The van der Waals surface area contributed by atoms with Crippen LogP contribution in [0.5, 0.6) is 0 Å². The molecule has 0 aliphatic carbocycles. The van der Waals surface area contributed by atoms with E-state index in [2.05, 4.69) is 0 Å². The third-order valence-electron chi connectivity index (χ3n) is 1.28. The summed E-state index contributed by atoms with van der Waals surface area (Å²) in [7, 11) is 0. The van der Waals surface area contributed by atoms with Crippen LogP contribution in [0.4, 0.5) is 5.69 Å². The van der Waals surface area contributed by atoms with E-state index in [1.54, 1.807) is 0 Å².